The molecule has 1 amide bonds. The number of carbonyl (C=O) groups is 1. The van der Waals surface area contributed by atoms with E-state index < -0.39 is 0 Å². The summed E-state index contributed by atoms with van der Waals surface area (Å²) in [6.45, 7) is 1.62. The van der Waals surface area contributed by atoms with E-state index in [1.165, 1.54) is 0 Å². The summed E-state index contributed by atoms with van der Waals surface area (Å²) >= 11 is 6.30. The number of benzene rings is 2. The Balaban J connectivity index is 1.76. The molecule has 26 heavy (non-hydrogen) atoms. The predicted octanol–water partition coefficient (Wildman–Crippen LogP) is 3.84. The fraction of sp³-hybridized carbons (Fsp3) is 0.350. The van der Waals surface area contributed by atoms with Crippen LogP contribution in [-0.4, -0.2) is 45.2 Å². The molecule has 138 valence electrons. The SMILES string of the molecule is CN(Cc1ccc(N(C)C)cc1)C(=O)c1cc(Cl)c2c(c1)OCCCO2. The van der Waals surface area contributed by atoms with Crippen LogP contribution in [0.3, 0.4) is 0 Å². The van der Waals surface area contributed by atoms with Crippen molar-refractivity contribution >= 4 is 23.2 Å². The van der Waals surface area contributed by atoms with Crippen molar-refractivity contribution in [3.05, 3.63) is 52.5 Å². The Labute approximate surface area is 159 Å². The summed E-state index contributed by atoms with van der Waals surface area (Å²) in [5.74, 6) is 0.934. The summed E-state index contributed by atoms with van der Waals surface area (Å²) in [7, 11) is 5.77. The quantitative estimate of drug-likeness (QED) is 0.815. The summed E-state index contributed by atoms with van der Waals surface area (Å²) in [5, 5.41) is 0.400. The third-order valence-corrected chi connectivity index (χ3v) is 4.55. The summed E-state index contributed by atoms with van der Waals surface area (Å²) in [5.41, 5.74) is 2.68. The lowest BCUT2D eigenvalue weighted by Gasteiger charge is -2.19. The number of ether oxygens (including phenoxy) is 2. The van der Waals surface area contributed by atoms with Gasteiger partial charge in [-0.25, -0.2) is 0 Å². The number of hydrogen-bond acceptors (Lipinski definition) is 4. The molecule has 0 saturated heterocycles. The van der Waals surface area contributed by atoms with Gasteiger partial charge in [0.25, 0.3) is 5.91 Å². The zero-order chi connectivity index (χ0) is 18.7. The van der Waals surface area contributed by atoms with Crippen molar-refractivity contribution in [2.75, 3.05) is 39.3 Å². The molecule has 0 spiro atoms. The van der Waals surface area contributed by atoms with Crippen molar-refractivity contribution in [3.8, 4) is 11.5 Å². The van der Waals surface area contributed by atoms with Gasteiger partial charge >= 0.3 is 0 Å². The molecule has 0 N–H and O–H groups in total. The summed E-state index contributed by atoms with van der Waals surface area (Å²) in [4.78, 5) is 16.5. The van der Waals surface area contributed by atoms with Crippen molar-refractivity contribution in [2.24, 2.45) is 0 Å². The molecular formula is C20H23ClN2O3. The highest BCUT2D eigenvalue weighted by atomic mass is 35.5. The van der Waals surface area contributed by atoms with Crippen LogP contribution in [0.1, 0.15) is 22.3 Å². The second-order valence-electron chi connectivity index (χ2n) is 6.56. The number of rotatable bonds is 4. The fourth-order valence-electron chi connectivity index (χ4n) is 2.82. The minimum Gasteiger partial charge on any atom is -0.489 e. The van der Waals surface area contributed by atoms with E-state index in [0.717, 1.165) is 17.7 Å². The van der Waals surface area contributed by atoms with E-state index in [0.29, 0.717) is 41.8 Å². The van der Waals surface area contributed by atoms with Gasteiger partial charge in [0.15, 0.2) is 11.5 Å². The standard InChI is InChI=1S/C20H23ClN2O3/c1-22(2)16-7-5-14(6-8-16)13-23(3)20(24)15-11-17(21)19-18(12-15)25-9-4-10-26-19/h5-8,11-12H,4,9-10,13H2,1-3H3. The number of halogens is 1. The zero-order valence-corrected chi connectivity index (χ0v) is 16.0. The molecule has 3 rings (SSSR count). The first kappa shape index (κ1) is 18.4. The molecule has 0 bridgehead atoms. The molecule has 0 unspecified atom stereocenters. The predicted molar refractivity (Wildman–Crippen MR) is 104 cm³/mol. The van der Waals surface area contributed by atoms with E-state index in [1.54, 1.807) is 24.1 Å². The van der Waals surface area contributed by atoms with Gasteiger partial charge in [-0.1, -0.05) is 23.7 Å². The lowest BCUT2D eigenvalue weighted by Crippen LogP contribution is -2.26. The normalized spacial score (nSPS) is 13.1. The van der Waals surface area contributed by atoms with Gasteiger partial charge in [-0.15, -0.1) is 0 Å². The largest absolute Gasteiger partial charge is 0.489 e. The molecule has 1 aliphatic heterocycles. The van der Waals surface area contributed by atoms with E-state index >= 15 is 0 Å². The molecule has 0 aliphatic carbocycles. The Morgan fingerprint density at radius 2 is 1.77 bits per heavy atom. The van der Waals surface area contributed by atoms with Crippen LogP contribution in [0, 0.1) is 0 Å². The average Bonchev–Trinajstić information content (AvgIpc) is 2.87. The number of nitrogens with zero attached hydrogens (tertiary/aromatic N) is 2. The van der Waals surface area contributed by atoms with Crippen molar-refractivity contribution in [3.63, 3.8) is 0 Å². The van der Waals surface area contributed by atoms with Crippen LogP contribution in [0.4, 0.5) is 5.69 Å². The Hall–Kier alpha value is -2.40. The summed E-state index contributed by atoms with van der Waals surface area (Å²) in [6.07, 6.45) is 0.789. The molecule has 0 atom stereocenters. The van der Waals surface area contributed by atoms with Gasteiger partial charge in [0.2, 0.25) is 0 Å². The lowest BCUT2D eigenvalue weighted by molar-refractivity contribution is 0.0784. The van der Waals surface area contributed by atoms with E-state index in [2.05, 4.69) is 0 Å². The number of fused-ring (bicyclic) bond motifs is 1. The van der Waals surface area contributed by atoms with E-state index in [9.17, 15) is 4.79 Å². The minimum atomic E-state index is -0.112. The molecule has 0 fully saturated rings. The van der Waals surface area contributed by atoms with Crippen molar-refractivity contribution in [2.45, 2.75) is 13.0 Å². The first-order valence-corrected chi connectivity index (χ1v) is 8.94. The molecule has 2 aromatic rings. The van der Waals surface area contributed by atoms with Crippen molar-refractivity contribution in [1.29, 1.82) is 0 Å². The van der Waals surface area contributed by atoms with Gasteiger partial charge in [0, 0.05) is 45.4 Å². The van der Waals surface area contributed by atoms with Crippen LogP contribution in [0.15, 0.2) is 36.4 Å². The summed E-state index contributed by atoms with van der Waals surface area (Å²) < 4.78 is 11.3. The molecule has 1 aliphatic rings. The monoisotopic (exact) mass is 374 g/mol. The molecule has 6 heteroatoms. The maximum Gasteiger partial charge on any atom is 0.254 e. The summed E-state index contributed by atoms with van der Waals surface area (Å²) in [6, 6.07) is 11.5. The topological polar surface area (TPSA) is 42.0 Å². The highest BCUT2D eigenvalue weighted by molar-refractivity contribution is 6.32. The molecule has 0 aromatic heterocycles. The van der Waals surface area contributed by atoms with Crippen LogP contribution >= 0.6 is 11.6 Å². The van der Waals surface area contributed by atoms with Crippen LogP contribution < -0.4 is 14.4 Å². The molecule has 0 radical (unpaired) electrons. The Morgan fingerprint density at radius 1 is 1.08 bits per heavy atom. The molecular weight excluding hydrogens is 352 g/mol. The molecule has 0 saturated carbocycles. The zero-order valence-electron chi connectivity index (χ0n) is 15.3. The Morgan fingerprint density at radius 3 is 2.46 bits per heavy atom. The third kappa shape index (κ3) is 4.05. The molecule has 5 nitrogen and oxygen atoms in total. The van der Waals surface area contributed by atoms with Gasteiger partial charge < -0.3 is 19.3 Å². The smallest absolute Gasteiger partial charge is 0.254 e. The Kier molecular flexibility index (Phi) is 5.57. The van der Waals surface area contributed by atoms with Gasteiger partial charge in [-0.05, 0) is 29.8 Å². The van der Waals surface area contributed by atoms with Gasteiger partial charge in [-0.2, -0.15) is 0 Å². The van der Waals surface area contributed by atoms with Gasteiger partial charge in [0.1, 0.15) is 0 Å². The van der Waals surface area contributed by atoms with E-state index in [-0.39, 0.29) is 5.91 Å². The molecule has 1 heterocycles. The highest BCUT2D eigenvalue weighted by Gasteiger charge is 2.20. The first-order valence-electron chi connectivity index (χ1n) is 8.56. The number of amides is 1. The second-order valence-corrected chi connectivity index (χ2v) is 6.97. The van der Waals surface area contributed by atoms with E-state index in [4.69, 9.17) is 21.1 Å². The lowest BCUT2D eigenvalue weighted by atomic mass is 10.1. The number of carbonyl (C=O) groups excluding carboxylic acids is 1. The maximum absolute atomic E-state index is 12.8. The van der Waals surface area contributed by atoms with Crippen molar-refractivity contribution < 1.29 is 14.3 Å². The number of hydrogen-bond donors (Lipinski definition) is 0. The van der Waals surface area contributed by atoms with Gasteiger partial charge in [0.05, 0.1) is 18.2 Å². The Bertz CT molecular complexity index is 790. The van der Waals surface area contributed by atoms with Gasteiger partial charge in [-0.3, -0.25) is 4.79 Å². The van der Waals surface area contributed by atoms with Crippen LogP contribution in [-0.2, 0) is 6.54 Å². The maximum atomic E-state index is 12.8. The van der Waals surface area contributed by atoms with Crippen LogP contribution in [0.2, 0.25) is 5.02 Å². The average molecular weight is 375 g/mol. The second kappa shape index (κ2) is 7.87. The van der Waals surface area contributed by atoms with Crippen LogP contribution in [0.5, 0.6) is 11.5 Å². The highest BCUT2D eigenvalue weighted by Crippen LogP contribution is 2.38. The molecule has 2 aromatic carbocycles. The first-order chi connectivity index (χ1) is 12.5. The fourth-order valence-corrected chi connectivity index (χ4v) is 3.09. The van der Waals surface area contributed by atoms with E-state index in [1.807, 2.05) is 43.3 Å². The van der Waals surface area contributed by atoms with Crippen molar-refractivity contribution in [1.82, 2.24) is 4.90 Å². The van der Waals surface area contributed by atoms with Crippen LogP contribution in [0.25, 0.3) is 0 Å². The number of anilines is 1. The third-order valence-electron chi connectivity index (χ3n) is 4.27. The minimum absolute atomic E-state index is 0.112.